The molecule has 1 aliphatic carbocycles. The van der Waals surface area contributed by atoms with Gasteiger partial charge in [0.1, 0.15) is 6.29 Å². The van der Waals surface area contributed by atoms with Crippen molar-refractivity contribution in [1.29, 1.82) is 0 Å². The van der Waals surface area contributed by atoms with Crippen molar-refractivity contribution in [2.24, 2.45) is 23.7 Å². The Kier molecular flexibility index (Phi) is 3.07. The predicted molar refractivity (Wildman–Crippen MR) is 48.2 cm³/mol. The first-order valence-electron chi connectivity index (χ1n) is 4.76. The van der Waals surface area contributed by atoms with Crippen molar-refractivity contribution >= 4 is 12.3 Å². The van der Waals surface area contributed by atoms with Crippen LogP contribution in [0.5, 0.6) is 0 Å². The fourth-order valence-electron chi connectivity index (χ4n) is 2.35. The Morgan fingerprint density at radius 1 is 1.54 bits per heavy atom. The van der Waals surface area contributed by atoms with E-state index in [9.17, 15) is 9.59 Å². The Morgan fingerprint density at radius 2 is 2.15 bits per heavy atom. The summed E-state index contributed by atoms with van der Waals surface area (Å²) in [5, 5.41) is 8.98. The van der Waals surface area contributed by atoms with Crippen LogP contribution in [-0.2, 0) is 9.59 Å². The SMILES string of the molecule is C[C@H](C=O)C1CC[C@H](C)C1C(=O)O. The summed E-state index contributed by atoms with van der Waals surface area (Å²) in [6.45, 7) is 3.77. The number of hydrogen-bond donors (Lipinski definition) is 1. The molecule has 0 aromatic heterocycles. The van der Waals surface area contributed by atoms with Crippen LogP contribution in [0.3, 0.4) is 0 Å². The van der Waals surface area contributed by atoms with Crippen LogP contribution < -0.4 is 0 Å². The summed E-state index contributed by atoms with van der Waals surface area (Å²) < 4.78 is 0. The second kappa shape index (κ2) is 3.90. The van der Waals surface area contributed by atoms with E-state index in [1.807, 2.05) is 13.8 Å². The van der Waals surface area contributed by atoms with E-state index in [4.69, 9.17) is 5.11 Å². The Balaban J connectivity index is 2.75. The number of aldehydes is 1. The highest BCUT2D eigenvalue weighted by molar-refractivity contribution is 5.72. The minimum Gasteiger partial charge on any atom is -0.481 e. The van der Waals surface area contributed by atoms with E-state index >= 15 is 0 Å². The van der Waals surface area contributed by atoms with Gasteiger partial charge in [-0.3, -0.25) is 4.79 Å². The average molecular weight is 184 g/mol. The lowest BCUT2D eigenvalue weighted by atomic mass is 9.83. The van der Waals surface area contributed by atoms with Crippen LogP contribution in [0.15, 0.2) is 0 Å². The van der Waals surface area contributed by atoms with E-state index in [1.54, 1.807) is 0 Å². The van der Waals surface area contributed by atoms with Gasteiger partial charge in [0, 0.05) is 5.92 Å². The maximum Gasteiger partial charge on any atom is 0.307 e. The third-order valence-corrected chi connectivity index (χ3v) is 3.20. The zero-order valence-corrected chi connectivity index (χ0v) is 8.06. The fraction of sp³-hybridized carbons (Fsp3) is 0.800. The van der Waals surface area contributed by atoms with E-state index < -0.39 is 5.97 Å². The lowest BCUT2D eigenvalue weighted by Crippen LogP contribution is -2.27. The lowest BCUT2D eigenvalue weighted by Gasteiger charge is -2.20. The molecule has 3 nitrogen and oxygen atoms in total. The first-order chi connectivity index (χ1) is 6.07. The van der Waals surface area contributed by atoms with Gasteiger partial charge in [0.15, 0.2) is 0 Å². The van der Waals surface area contributed by atoms with Crippen molar-refractivity contribution in [1.82, 2.24) is 0 Å². The van der Waals surface area contributed by atoms with E-state index in [1.165, 1.54) is 0 Å². The number of carbonyl (C=O) groups excluding carboxylic acids is 1. The van der Waals surface area contributed by atoms with Gasteiger partial charge in [0.25, 0.3) is 0 Å². The molecule has 3 heteroatoms. The number of aliphatic carboxylic acids is 1. The highest BCUT2D eigenvalue weighted by atomic mass is 16.4. The molecular formula is C10H16O3. The quantitative estimate of drug-likeness (QED) is 0.677. The molecule has 0 bridgehead atoms. The van der Waals surface area contributed by atoms with Gasteiger partial charge >= 0.3 is 5.97 Å². The Hall–Kier alpha value is -0.860. The van der Waals surface area contributed by atoms with Gasteiger partial charge in [-0.25, -0.2) is 0 Å². The van der Waals surface area contributed by atoms with Gasteiger partial charge in [-0.15, -0.1) is 0 Å². The molecular weight excluding hydrogens is 168 g/mol. The van der Waals surface area contributed by atoms with E-state index in [0.29, 0.717) is 0 Å². The molecule has 1 fully saturated rings. The van der Waals surface area contributed by atoms with Crippen LogP contribution in [0.25, 0.3) is 0 Å². The van der Waals surface area contributed by atoms with Crippen LogP contribution >= 0.6 is 0 Å². The summed E-state index contributed by atoms with van der Waals surface area (Å²) in [7, 11) is 0. The second-order valence-corrected chi connectivity index (χ2v) is 4.08. The van der Waals surface area contributed by atoms with Gasteiger partial charge in [0.05, 0.1) is 5.92 Å². The van der Waals surface area contributed by atoms with Gasteiger partial charge in [-0.1, -0.05) is 13.8 Å². The molecule has 1 aliphatic rings. The Morgan fingerprint density at radius 3 is 2.62 bits per heavy atom. The summed E-state index contributed by atoms with van der Waals surface area (Å²) in [5.41, 5.74) is 0. The lowest BCUT2D eigenvalue weighted by molar-refractivity contribution is -0.145. The molecule has 74 valence electrons. The average Bonchev–Trinajstić information content (AvgIpc) is 2.45. The highest BCUT2D eigenvalue weighted by Crippen LogP contribution is 2.40. The molecule has 1 saturated carbocycles. The summed E-state index contributed by atoms with van der Waals surface area (Å²) in [6, 6.07) is 0. The van der Waals surface area contributed by atoms with Crippen molar-refractivity contribution in [3.05, 3.63) is 0 Å². The molecule has 0 aromatic rings. The maximum atomic E-state index is 10.9. The second-order valence-electron chi connectivity index (χ2n) is 4.08. The molecule has 1 N–H and O–H groups in total. The maximum absolute atomic E-state index is 10.9. The zero-order chi connectivity index (χ0) is 10.0. The van der Waals surface area contributed by atoms with E-state index in [-0.39, 0.29) is 23.7 Å². The summed E-state index contributed by atoms with van der Waals surface area (Å²) in [6.07, 6.45) is 2.68. The smallest absolute Gasteiger partial charge is 0.307 e. The number of hydrogen-bond acceptors (Lipinski definition) is 2. The largest absolute Gasteiger partial charge is 0.481 e. The van der Waals surface area contributed by atoms with Crippen LogP contribution in [-0.4, -0.2) is 17.4 Å². The number of carboxylic acids is 1. The predicted octanol–water partition coefficient (Wildman–Crippen LogP) is 1.57. The standard InChI is InChI=1S/C10H16O3/c1-6-3-4-8(7(2)5-11)9(6)10(12)13/h5-9H,3-4H2,1-2H3,(H,12,13)/t6-,7+,8?,9?/m0/s1. The summed E-state index contributed by atoms with van der Waals surface area (Å²) in [4.78, 5) is 21.5. The minimum atomic E-state index is -0.747. The van der Waals surface area contributed by atoms with Crippen molar-refractivity contribution in [3.8, 4) is 0 Å². The van der Waals surface area contributed by atoms with Gasteiger partial charge in [0.2, 0.25) is 0 Å². The Bertz CT molecular complexity index is 212. The van der Waals surface area contributed by atoms with Crippen molar-refractivity contribution in [3.63, 3.8) is 0 Å². The molecule has 0 heterocycles. The summed E-state index contributed by atoms with van der Waals surface area (Å²) in [5.74, 6) is -0.926. The molecule has 0 radical (unpaired) electrons. The molecule has 0 spiro atoms. The van der Waals surface area contributed by atoms with E-state index in [0.717, 1.165) is 19.1 Å². The third kappa shape index (κ3) is 1.90. The number of rotatable bonds is 3. The topological polar surface area (TPSA) is 54.4 Å². The summed E-state index contributed by atoms with van der Waals surface area (Å²) >= 11 is 0. The molecule has 0 aliphatic heterocycles. The normalized spacial score (nSPS) is 35.7. The van der Waals surface area contributed by atoms with Crippen LogP contribution in [0, 0.1) is 23.7 Å². The van der Waals surface area contributed by atoms with E-state index in [2.05, 4.69) is 0 Å². The van der Waals surface area contributed by atoms with Crippen LogP contribution in [0.4, 0.5) is 0 Å². The Labute approximate surface area is 78.1 Å². The van der Waals surface area contributed by atoms with Crippen LogP contribution in [0.1, 0.15) is 26.7 Å². The molecule has 13 heavy (non-hydrogen) atoms. The molecule has 0 saturated heterocycles. The van der Waals surface area contributed by atoms with Gasteiger partial charge in [-0.05, 0) is 24.7 Å². The third-order valence-electron chi connectivity index (χ3n) is 3.20. The highest BCUT2D eigenvalue weighted by Gasteiger charge is 2.40. The number of carboxylic acid groups (broad SMARTS) is 1. The molecule has 1 rings (SSSR count). The number of carbonyl (C=O) groups is 2. The minimum absolute atomic E-state index is 0.0463. The fourth-order valence-corrected chi connectivity index (χ4v) is 2.35. The first kappa shape index (κ1) is 10.2. The van der Waals surface area contributed by atoms with Gasteiger partial charge < -0.3 is 9.90 Å². The van der Waals surface area contributed by atoms with Crippen molar-refractivity contribution < 1.29 is 14.7 Å². The zero-order valence-electron chi connectivity index (χ0n) is 8.06. The molecule has 0 amide bonds. The van der Waals surface area contributed by atoms with Crippen LogP contribution in [0.2, 0.25) is 0 Å². The first-order valence-corrected chi connectivity index (χ1v) is 4.76. The van der Waals surface area contributed by atoms with Gasteiger partial charge in [-0.2, -0.15) is 0 Å². The van der Waals surface area contributed by atoms with Crippen molar-refractivity contribution in [2.75, 3.05) is 0 Å². The monoisotopic (exact) mass is 184 g/mol. The van der Waals surface area contributed by atoms with Crippen molar-refractivity contribution in [2.45, 2.75) is 26.7 Å². The molecule has 2 unspecified atom stereocenters. The molecule has 4 atom stereocenters. The molecule has 0 aromatic carbocycles.